The fourth-order valence-corrected chi connectivity index (χ4v) is 2.39. The van der Waals surface area contributed by atoms with Crippen LogP contribution >= 0.6 is 0 Å². The predicted octanol–water partition coefficient (Wildman–Crippen LogP) is 3.55. The highest BCUT2D eigenvalue weighted by Crippen LogP contribution is 2.18. The van der Waals surface area contributed by atoms with Crippen LogP contribution in [0.5, 0.6) is 5.88 Å². The van der Waals surface area contributed by atoms with E-state index in [0.717, 1.165) is 16.8 Å². The van der Waals surface area contributed by atoms with E-state index < -0.39 is 0 Å². The molecule has 0 aliphatic carbocycles. The molecule has 134 valence electrons. The molecule has 0 radical (unpaired) electrons. The van der Waals surface area contributed by atoms with Crippen LogP contribution in [0.1, 0.15) is 11.1 Å². The van der Waals surface area contributed by atoms with Crippen LogP contribution in [0.2, 0.25) is 0 Å². The summed E-state index contributed by atoms with van der Waals surface area (Å²) in [4.78, 5) is 11.9. The van der Waals surface area contributed by atoms with Crippen molar-refractivity contribution < 1.29 is 13.9 Å². The Bertz CT molecular complexity index is 861. The van der Waals surface area contributed by atoms with Crippen molar-refractivity contribution in [3.63, 3.8) is 0 Å². The molecule has 2 N–H and O–H groups in total. The van der Waals surface area contributed by atoms with Gasteiger partial charge in [0, 0.05) is 11.8 Å². The molecular weight excluding hydrogens is 332 g/mol. The molecule has 0 aliphatic rings. The lowest BCUT2D eigenvalue weighted by atomic mass is 10.1. The van der Waals surface area contributed by atoms with Crippen molar-refractivity contribution in [1.29, 1.82) is 0 Å². The van der Waals surface area contributed by atoms with Crippen LogP contribution in [0.4, 0.5) is 10.5 Å². The predicted molar refractivity (Wildman–Crippen MR) is 98.2 cm³/mol. The summed E-state index contributed by atoms with van der Waals surface area (Å²) in [6, 6.07) is 12.7. The van der Waals surface area contributed by atoms with Crippen LogP contribution in [0.25, 0.3) is 11.5 Å². The van der Waals surface area contributed by atoms with Gasteiger partial charge < -0.3 is 19.8 Å². The number of rotatable bonds is 6. The molecule has 3 rings (SSSR count). The van der Waals surface area contributed by atoms with Crippen LogP contribution in [-0.4, -0.2) is 29.4 Å². The molecule has 0 spiro atoms. The van der Waals surface area contributed by atoms with Crippen molar-refractivity contribution >= 4 is 11.7 Å². The van der Waals surface area contributed by atoms with Gasteiger partial charge in [0.2, 0.25) is 5.88 Å². The van der Waals surface area contributed by atoms with Gasteiger partial charge >= 0.3 is 6.03 Å². The number of carbonyl (C=O) groups is 1. The number of ether oxygens (including phenoxy) is 1. The summed E-state index contributed by atoms with van der Waals surface area (Å²) in [6.45, 7) is 4.60. The van der Waals surface area contributed by atoms with Gasteiger partial charge in [-0.3, -0.25) is 0 Å². The van der Waals surface area contributed by atoms with E-state index >= 15 is 0 Å². The summed E-state index contributed by atoms with van der Waals surface area (Å²) in [5.41, 5.74) is 3.59. The first kappa shape index (κ1) is 17.5. The Morgan fingerprint density at radius 1 is 1.15 bits per heavy atom. The lowest BCUT2D eigenvalue weighted by Crippen LogP contribution is -2.32. The van der Waals surface area contributed by atoms with Gasteiger partial charge in [-0.05, 0) is 43.7 Å². The number of urea groups is 1. The summed E-state index contributed by atoms with van der Waals surface area (Å²) in [5.74, 6) is 1.03. The monoisotopic (exact) mass is 352 g/mol. The van der Waals surface area contributed by atoms with Crippen LogP contribution in [0.15, 0.2) is 53.1 Å². The minimum atomic E-state index is -0.278. The Morgan fingerprint density at radius 2 is 2.04 bits per heavy atom. The first-order valence-electron chi connectivity index (χ1n) is 8.24. The minimum Gasteiger partial charge on any atom is -0.475 e. The van der Waals surface area contributed by atoms with Crippen molar-refractivity contribution in [2.75, 3.05) is 18.5 Å². The van der Waals surface area contributed by atoms with Gasteiger partial charge in [0.1, 0.15) is 12.3 Å². The number of aryl methyl sites for hydroxylation is 2. The Kier molecular flexibility index (Phi) is 5.48. The third-order valence-corrected chi connectivity index (χ3v) is 3.68. The molecule has 0 unspecified atom stereocenters. The number of carbonyl (C=O) groups excluding carboxylic acids is 1. The van der Waals surface area contributed by atoms with E-state index in [1.54, 1.807) is 24.5 Å². The van der Waals surface area contributed by atoms with Crippen LogP contribution < -0.4 is 15.4 Å². The van der Waals surface area contributed by atoms with Gasteiger partial charge in [0.05, 0.1) is 12.8 Å². The summed E-state index contributed by atoms with van der Waals surface area (Å²) in [6.07, 6.45) is 1.58. The molecule has 0 saturated heterocycles. The second-order valence-electron chi connectivity index (χ2n) is 5.78. The van der Waals surface area contributed by atoms with Crippen molar-refractivity contribution in [2.45, 2.75) is 13.8 Å². The lowest BCUT2D eigenvalue weighted by Gasteiger charge is -2.11. The van der Waals surface area contributed by atoms with Gasteiger partial charge in [-0.25, -0.2) is 4.79 Å². The number of furan rings is 1. The van der Waals surface area contributed by atoms with Crippen LogP contribution in [-0.2, 0) is 0 Å². The molecule has 3 aromatic rings. The summed E-state index contributed by atoms with van der Waals surface area (Å²) in [7, 11) is 0. The lowest BCUT2D eigenvalue weighted by molar-refractivity contribution is 0.246. The van der Waals surface area contributed by atoms with Gasteiger partial charge in [0.25, 0.3) is 0 Å². The van der Waals surface area contributed by atoms with Crippen LogP contribution in [0, 0.1) is 13.8 Å². The Hall–Kier alpha value is -3.35. The molecule has 0 bridgehead atoms. The molecule has 2 amide bonds. The van der Waals surface area contributed by atoms with Gasteiger partial charge in [-0.2, -0.15) is 0 Å². The maximum atomic E-state index is 11.9. The van der Waals surface area contributed by atoms with E-state index in [9.17, 15) is 4.79 Å². The fraction of sp³-hybridized carbons (Fsp3) is 0.211. The first-order valence-corrected chi connectivity index (χ1v) is 8.24. The Labute approximate surface area is 151 Å². The highest BCUT2D eigenvalue weighted by atomic mass is 16.5. The average molecular weight is 352 g/mol. The minimum absolute atomic E-state index is 0.278. The topological polar surface area (TPSA) is 89.3 Å². The number of amides is 2. The molecule has 0 saturated carbocycles. The van der Waals surface area contributed by atoms with Gasteiger partial charge in [-0.1, -0.05) is 17.7 Å². The van der Waals surface area contributed by atoms with E-state index in [0.29, 0.717) is 23.9 Å². The number of hydrogen-bond donors (Lipinski definition) is 2. The van der Waals surface area contributed by atoms with E-state index in [4.69, 9.17) is 9.15 Å². The second kappa shape index (κ2) is 8.15. The zero-order chi connectivity index (χ0) is 18.4. The number of nitrogens with one attached hydrogen (secondary N) is 2. The van der Waals surface area contributed by atoms with Gasteiger partial charge in [0.15, 0.2) is 5.76 Å². The molecule has 0 aliphatic heterocycles. The molecular formula is C19H20N4O3. The zero-order valence-corrected chi connectivity index (χ0v) is 14.7. The maximum absolute atomic E-state index is 11.9. The Balaban J connectivity index is 1.41. The van der Waals surface area contributed by atoms with E-state index in [1.165, 1.54) is 0 Å². The van der Waals surface area contributed by atoms with Crippen molar-refractivity contribution in [1.82, 2.24) is 15.5 Å². The normalized spacial score (nSPS) is 10.4. The fourth-order valence-electron chi connectivity index (χ4n) is 2.39. The van der Waals surface area contributed by atoms with Crippen molar-refractivity contribution in [3.05, 3.63) is 59.9 Å². The average Bonchev–Trinajstić information content (AvgIpc) is 3.16. The molecule has 2 aromatic heterocycles. The van der Waals surface area contributed by atoms with E-state index in [1.807, 2.05) is 38.1 Å². The third kappa shape index (κ3) is 4.60. The second-order valence-corrected chi connectivity index (χ2v) is 5.78. The molecule has 2 heterocycles. The number of benzene rings is 1. The van der Waals surface area contributed by atoms with Gasteiger partial charge in [-0.15, -0.1) is 10.2 Å². The molecule has 26 heavy (non-hydrogen) atoms. The van der Waals surface area contributed by atoms with Crippen molar-refractivity contribution in [3.8, 4) is 17.3 Å². The smallest absolute Gasteiger partial charge is 0.319 e. The highest BCUT2D eigenvalue weighted by molar-refractivity contribution is 5.90. The summed E-state index contributed by atoms with van der Waals surface area (Å²) >= 11 is 0. The summed E-state index contributed by atoms with van der Waals surface area (Å²) < 4.78 is 10.7. The largest absolute Gasteiger partial charge is 0.475 e. The third-order valence-electron chi connectivity index (χ3n) is 3.68. The summed E-state index contributed by atoms with van der Waals surface area (Å²) in [5, 5.41) is 13.6. The van der Waals surface area contributed by atoms with Crippen molar-refractivity contribution in [2.24, 2.45) is 0 Å². The number of hydrogen-bond acceptors (Lipinski definition) is 5. The zero-order valence-electron chi connectivity index (χ0n) is 14.7. The molecule has 0 fully saturated rings. The molecule has 1 aromatic carbocycles. The number of nitrogens with zero attached hydrogens (tertiary/aromatic N) is 2. The van der Waals surface area contributed by atoms with E-state index in [-0.39, 0.29) is 12.6 Å². The maximum Gasteiger partial charge on any atom is 0.319 e. The number of aromatic nitrogens is 2. The highest BCUT2D eigenvalue weighted by Gasteiger charge is 2.06. The quantitative estimate of drug-likeness (QED) is 0.662. The Morgan fingerprint density at radius 3 is 2.73 bits per heavy atom. The first-order chi connectivity index (χ1) is 12.6. The number of anilines is 1. The molecule has 0 atom stereocenters. The SMILES string of the molecule is Cc1ccc(NC(=O)NCCOc2ccc(-c3ccco3)nn2)c(C)c1. The standard InChI is InChI=1S/C19H20N4O3/c1-13-5-6-15(14(2)12-13)21-19(24)20-9-11-26-18-8-7-16(22-23-18)17-4-3-10-25-17/h3-8,10,12H,9,11H2,1-2H3,(H2,20,21,24). The molecule has 7 heteroatoms. The van der Waals surface area contributed by atoms with E-state index in [2.05, 4.69) is 20.8 Å². The van der Waals surface area contributed by atoms with Crippen LogP contribution in [0.3, 0.4) is 0 Å². The molecule has 7 nitrogen and oxygen atoms in total.